The number of rotatable bonds is 4. The summed E-state index contributed by atoms with van der Waals surface area (Å²) in [5.41, 5.74) is 7.03. The van der Waals surface area contributed by atoms with E-state index in [9.17, 15) is 4.79 Å². The van der Waals surface area contributed by atoms with Gasteiger partial charge in [-0.1, -0.05) is 17.7 Å². The van der Waals surface area contributed by atoms with Crippen LogP contribution in [0.4, 0.5) is 5.69 Å². The average molecular weight is 400 g/mol. The number of nitrogens with two attached hydrogens (primary N) is 1. The SMILES string of the molecule is Cc1ccc(Oc2ccc(NC(=O)C3(N)CCOCC3)cn2)cc1.Cl.Cl. The lowest BCUT2D eigenvalue weighted by atomic mass is 9.90. The molecule has 1 aliphatic rings. The number of pyridine rings is 1. The van der Waals surface area contributed by atoms with Gasteiger partial charge in [-0.25, -0.2) is 4.98 Å². The molecule has 0 aliphatic carbocycles. The summed E-state index contributed by atoms with van der Waals surface area (Å²) in [7, 11) is 0. The van der Waals surface area contributed by atoms with Gasteiger partial charge in [-0.3, -0.25) is 4.79 Å². The van der Waals surface area contributed by atoms with E-state index in [1.54, 1.807) is 18.3 Å². The van der Waals surface area contributed by atoms with Gasteiger partial charge in [0.2, 0.25) is 11.8 Å². The highest BCUT2D eigenvalue weighted by Crippen LogP contribution is 2.23. The number of halogens is 2. The minimum Gasteiger partial charge on any atom is -0.439 e. The molecule has 1 amide bonds. The molecule has 2 heterocycles. The number of anilines is 1. The highest BCUT2D eigenvalue weighted by molar-refractivity contribution is 5.97. The molecule has 1 aliphatic heterocycles. The highest BCUT2D eigenvalue weighted by atomic mass is 35.5. The first-order valence-corrected chi connectivity index (χ1v) is 7.94. The van der Waals surface area contributed by atoms with Crippen LogP contribution in [0, 0.1) is 6.92 Å². The second-order valence-electron chi connectivity index (χ2n) is 6.02. The van der Waals surface area contributed by atoms with Gasteiger partial charge in [-0.15, -0.1) is 24.8 Å². The predicted octanol–water partition coefficient (Wildman–Crippen LogP) is 3.47. The van der Waals surface area contributed by atoms with Crippen molar-refractivity contribution in [1.29, 1.82) is 0 Å². The maximum absolute atomic E-state index is 12.3. The summed E-state index contributed by atoms with van der Waals surface area (Å²) in [6.07, 6.45) is 2.59. The maximum atomic E-state index is 12.3. The molecule has 8 heteroatoms. The maximum Gasteiger partial charge on any atom is 0.244 e. The largest absolute Gasteiger partial charge is 0.439 e. The molecule has 6 nitrogen and oxygen atoms in total. The van der Waals surface area contributed by atoms with E-state index in [-0.39, 0.29) is 30.7 Å². The number of carbonyl (C=O) groups excluding carboxylic acids is 1. The summed E-state index contributed by atoms with van der Waals surface area (Å²) in [5.74, 6) is 0.971. The number of aromatic nitrogens is 1. The number of carbonyl (C=O) groups is 1. The van der Waals surface area contributed by atoms with Gasteiger partial charge < -0.3 is 20.5 Å². The first-order valence-electron chi connectivity index (χ1n) is 7.94. The van der Waals surface area contributed by atoms with Gasteiger partial charge in [0, 0.05) is 19.3 Å². The molecule has 1 saturated heterocycles. The summed E-state index contributed by atoms with van der Waals surface area (Å²) < 4.78 is 10.9. The standard InChI is InChI=1S/C18H21N3O3.2ClH/c1-13-2-5-15(6-3-13)24-16-7-4-14(12-20-16)21-17(22)18(19)8-10-23-11-9-18;;/h2-7,12H,8-11,19H2,1H3,(H,21,22);2*1H. The van der Waals surface area contributed by atoms with Crippen molar-refractivity contribution in [3.05, 3.63) is 48.2 Å². The molecule has 142 valence electrons. The summed E-state index contributed by atoms with van der Waals surface area (Å²) in [6.45, 7) is 3.03. The zero-order valence-electron chi connectivity index (χ0n) is 14.4. The third kappa shape index (κ3) is 5.57. The Balaban J connectivity index is 0.00000169. The van der Waals surface area contributed by atoms with Crippen LogP contribution in [-0.2, 0) is 9.53 Å². The summed E-state index contributed by atoms with van der Waals surface area (Å²) >= 11 is 0. The molecule has 0 spiro atoms. The van der Waals surface area contributed by atoms with Crippen LogP contribution < -0.4 is 15.8 Å². The number of hydrogen-bond donors (Lipinski definition) is 2. The van der Waals surface area contributed by atoms with Gasteiger partial charge in [0.05, 0.1) is 11.9 Å². The summed E-state index contributed by atoms with van der Waals surface area (Å²) in [5, 5.41) is 2.81. The summed E-state index contributed by atoms with van der Waals surface area (Å²) in [6, 6.07) is 11.2. The monoisotopic (exact) mass is 399 g/mol. The van der Waals surface area contributed by atoms with Crippen molar-refractivity contribution < 1.29 is 14.3 Å². The van der Waals surface area contributed by atoms with E-state index in [1.807, 2.05) is 31.2 Å². The van der Waals surface area contributed by atoms with Crippen LogP contribution in [0.25, 0.3) is 0 Å². The number of benzene rings is 1. The Morgan fingerprint density at radius 2 is 1.81 bits per heavy atom. The van der Waals surface area contributed by atoms with Crippen LogP contribution in [0.1, 0.15) is 18.4 Å². The number of nitrogens with one attached hydrogen (secondary N) is 1. The van der Waals surface area contributed by atoms with Crippen LogP contribution in [0.15, 0.2) is 42.6 Å². The normalized spacial score (nSPS) is 15.2. The highest BCUT2D eigenvalue weighted by Gasteiger charge is 2.35. The molecular weight excluding hydrogens is 377 g/mol. The van der Waals surface area contributed by atoms with Crippen LogP contribution in [0.5, 0.6) is 11.6 Å². The molecule has 1 fully saturated rings. The van der Waals surface area contributed by atoms with Crippen molar-refractivity contribution in [1.82, 2.24) is 4.98 Å². The number of ether oxygens (including phenoxy) is 2. The molecule has 2 aromatic rings. The number of aryl methyl sites for hydroxylation is 1. The molecule has 0 saturated carbocycles. The summed E-state index contributed by atoms with van der Waals surface area (Å²) in [4.78, 5) is 16.6. The van der Waals surface area contributed by atoms with Gasteiger partial charge in [-0.05, 0) is 38.0 Å². The van der Waals surface area contributed by atoms with Crippen LogP contribution in [-0.4, -0.2) is 29.6 Å². The Morgan fingerprint density at radius 3 is 2.38 bits per heavy atom. The Morgan fingerprint density at radius 1 is 1.15 bits per heavy atom. The van der Waals surface area contributed by atoms with Crippen molar-refractivity contribution >= 4 is 36.4 Å². The third-order valence-electron chi connectivity index (χ3n) is 4.07. The molecule has 0 radical (unpaired) electrons. The molecule has 1 aromatic carbocycles. The fraction of sp³-hybridized carbons (Fsp3) is 0.333. The van der Waals surface area contributed by atoms with E-state index in [1.165, 1.54) is 0 Å². The smallest absolute Gasteiger partial charge is 0.244 e. The van der Waals surface area contributed by atoms with E-state index in [2.05, 4.69) is 10.3 Å². The minimum atomic E-state index is -0.880. The van der Waals surface area contributed by atoms with Gasteiger partial charge in [-0.2, -0.15) is 0 Å². The van der Waals surface area contributed by atoms with Crippen LogP contribution in [0.3, 0.4) is 0 Å². The van der Waals surface area contributed by atoms with E-state index in [4.69, 9.17) is 15.2 Å². The molecule has 0 bridgehead atoms. The lowest BCUT2D eigenvalue weighted by Crippen LogP contribution is -2.54. The van der Waals surface area contributed by atoms with Crippen LogP contribution >= 0.6 is 24.8 Å². The van der Waals surface area contributed by atoms with Gasteiger partial charge in [0.25, 0.3) is 0 Å². The number of nitrogens with zero attached hydrogens (tertiary/aromatic N) is 1. The lowest BCUT2D eigenvalue weighted by molar-refractivity contribution is -0.124. The van der Waals surface area contributed by atoms with Crippen molar-refractivity contribution in [2.24, 2.45) is 5.73 Å². The van der Waals surface area contributed by atoms with Crippen molar-refractivity contribution in [3.63, 3.8) is 0 Å². The Bertz CT molecular complexity index is 703. The van der Waals surface area contributed by atoms with Gasteiger partial charge >= 0.3 is 0 Å². The molecule has 3 rings (SSSR count). The fourth-order valence-corrected chi connectivity index (χ4v) is 2.46. The zero-order valence-corrected chi connectivity index (χ0v) is 16.1. The minimum absolute atomic E-state index is 0. The molecule has 0 atom stereocenters. The Hall–Kier alpha value is -1.86. The quantitative estimate of drug-likeness (QED) is 0.821. The fourth-order valence-electron chi connectivity index (χ4n) is 2.46. The molecule has 26 heavy (non-hydrogen) atoms. The first-order chi connectivity index (χ1) is 11.5. The lowest BCUT2D eigenvalue weighted by Gasteiger charge is -2.31. The molecule has 0 unspecified atom stereocenters. The second kappa shape index (κ2) is 9.73. The Kier molecular flexibility index (Phi) is 8.30. The van der Waals surface area contributed by atoms with E-state index in [0.29, 0.717) is 43.4 Å². The average Bonchev–Trinajstić information content (AvgIpc) is 2.59. The van der Waals surface area contributed by atoms with E-state index >= 15 is 0 Å². The zero-order chi connectivity index (χ0) is 17.0. The molecule has 1 aromatic heterocycles. The van der Waals surface area contributed by atoms with Gasteiger partial charge in [0.15, 0.2) is 0 Å². The number of amides is 1. The number of hydrogen-bond acceptors (Lipinski definition) is 5. The van der Waals surface area contributed by atoms with Crippen molar-refractivity contribution in [2.45, 2.75) is 25.3 Å². The Labute approximate surface area is 165 Å². The third-order valence-corrected chi connectivity index (χ3v) is 4.07. The second-order valence-corrected chi connectivity index (χ2v) is 6.02. The van der Waals surface area contributed by atoms with Crippen molar-refractivity contribution in [3.8, 4) is 11.6 Å². The van der Waals surface area contributed by atoms with Crippen molar-refractivity contribution in [2.75, 3.05) is 18.5 Å². The molecule has 3 N–H and O–H groups in total. The predicted molar refractivity (Wildman–Crippen MR) is 106 cm³/mol. The molecular formula is C18H23Cl2N3O3. The van der Waals surface area contributed by atoms with Crippen LogP contribution in [0.2, 0.25) is 0 Å². The first kappa shape index (κ1) is 22.2. The van der Waals surface area contributed by atoms with E-state index < -0.39 is 5.54 Å². The van der Waals surface area contributed by atoms with Gasteiger partial charge in [0.1, 0.15) is 11.3 Å². The van der Waals surface area contributed by atoms with E-state index in [0.717, 1.165) is 5.56 Å². The topological polar surface area (TPSA) is 86.5 Å².